The zero-order valence-corrected chi connectivity index (χ0v) is 15.0. The second-order valence-electron chi connectivity index (χ2n) is 8.04. The van der Waals surface area contributed by atoms with Crippen LogP contribution in [0.15, 0.2) is 0 Å². The molecule has 3 fully saturated rings. The summed E-state index contributed by atoms with van der Waals surface area (Å²) in [7, 11) is -3.21. The van der Waals surface area contributed by atoms with E-state index in [1.54, 1.807) is 0 Å². The van der Waals surface area contributed by atoms with E-state index in [4.69, 9.17) is 0 Å². The van der Waals surface area contributed by atoms with Crippen LogP contribution in [0.1, 0.15) is 64.2 Å². The molecule has 132 valence electrons. The highest BCUT2D eigenvalue weighted by atomic mass is 32.2. The lowest BCUT2D eigenvalue weighted by Gasteiger charge is -2.42. The highest BCUT2D eigenvalue weighted by Gasteiger charge is 2.42. The Hall–Kier alpha value is -0.620. The van der Waals surface area contributed by atoms with Crippen LogP contribution in [-0.4, -0.2) is 44.1 Å². The molecular weight excluding hydrogens is 312 g/mol. The summed E-state index contributed by atoms with van der Waals surface area (Å²) in [6, 6.07) is 0. The number of piperidine rings is 1. The summed E-state index contributed by atoms with van der Waals surface area (Å²) in [5.74, 6) is 1.52. The first-order chi connectivity index (χ1) is 10.9. The smallest absolute Gasteiger partial charge is 0.222 e. The van der Waals surface area contributed by atoms with Crippen molar-refractivity contribution < 1.29 is 13.2 Å². The lowest BCUT2D eigenvalue weighted by Crippen LogP contribution is -2.56. The minimum Gasteiger partial charge on any atom is -0.343 e. The molecule has 0 atom stereocenters. The first-order valence-electron chi connectivity index (χ1n) is 9.12. The van der Waals surface area contributed by atoms with E-state index in [2.05, 4.69) is 4.72 Å². The van der Waals surface area contributed by atoms with Crippen LogP contribution in [0.25, 0.3) is 0 Å². The molecule has 1 amide bonds. The fourth-order valence-electron chi connectivity index (χ4n) is 4.39. The molecule has 0 aromatic rings. The highest BCUT2D eigenvalue weighted by Crippen LogP contribution is 2.41. The molecule has 0 aromatic heterocycles. The topological polar surface area (TPSA) is 66.5 Å². The fraction of sp³-hybridized carbons (Fsp3) is 0.941. The maximum absolute atomic E-state index is 12.5. The van der Waals surface area contributed by atoms with Gasteiger partial charge in [-0.05, 0) is 43.9 Å². The summed E-state index contributed by atoms with van der Waals surface area (Å²) in [4.78, 5) is 14.4. The minimum atomic E-state index is -3.21. The third-order valence-electron chi connectivity index (χ3n) is 5.79. The van der Waals surface area contributed by atoms with Crippen LogP contribution in [0.2, 0.25) is 0 Å². The van der Waals surface area contributed by atoms with Crippen LogP contribution in [0.3, 0.4) is 0 Å². The van der Waals surface area contributed by atoms with Crippen molar-refractivity contribution in [3.05, 3.63) is 0 Å². The summed E-state index contributed by atoms with van der Waals surface area (Å²) in [5, 5.41) is 0. The van der Waals surface area contributed by atoms with Crippen LogP contribution < -0.4 is 4.72 Å². The monoisotopic (exact) mass is 342 g/mol. The van der Waals surface area contributed by atoms with Crippen molar-refractivity contribution in [1.29, 1.82) is 0 Å². The van der Waals surface area contributed by atoms with Gasteiger partial charge in [0, 0.05) is 25.0 Å². The standard InChI is InChI=1S/C17H30N2O3S/c1-23(21,22)18-17(13-15-6-7-15)8-10-19(11-9-17)16(20)12-14-4-2-3-5-14/h14-15,18H,2-13H2,1H3. The van der Waals surface area contributed by atoms with Gasteiger partial charge in [-0.2, -0.15) is 0 Å². The molecule has 2 saturated carbocycles. The predicted octanol–water partition coefficient (Wildman–Crippen LogP) is 2.28. The largest absolute Gasteiger partial charge is 0.343 e. The van der Waals surface area contributed by atoms with Crippen molar-refractivity contribution >= 4 is 15.9 Å². The molecule has 6 heteroatoms. The van der Waals surface area contributed by atoms with Crippen LogP contribution in [0, 0.1) is 11.8 Å². The predicted molar refractivity (Wildman–Crippen MR) is 90.4 cm³/mol. The molecule has 0 bridgehead atoms. The van der Waals surface area contributed by atoms with E-state index in [1.807, 2.05) is 4.90 Å². The van der Waals surface area contributed by atoms with Gasteiger partial charge < -0.3 is 4.90 Å². The van der Waals surface area contributed by atoms with Crippen molar-refractivity contribution in [1.82, 2.24) is 9.62 Å². The van der Waals surface area contributed by atoms with Gasteiger partial charge in [0.25, 0.3) is 0 Å². The van der Waals surface area contributed by atoms with E-state index < -0.39 is 10.0 Å². The molecule has 3 rings (SSSR count). The fourth-order valence-corrected chi connectivity index (χ4v) is 5.46. The Labute approximate surface area is 140 Å². The van der Waals surface area contributed by atoms with Crippen molar-refractivity contribution in [2.24, 2.45) is 11.8 Å². The third-order valence-corrected chi connectivity index (χ3v) is 6.59. The zero-order valence-electron chi connectivity index (χ0n) is 14.2. The molecule has 0 radical (unpaired) electrons. The lowest BCUT2D eigenvalue weighted by atomic mass is 9.83. The van der Waals surface area contributed by atoms with E-state index >= 15 is 0 Å². The molecule has 0 spiro atoms. The summed E-state index contributed by atoms with van der Waals surface area (Å²) in [5.41, 5.74) is -0.321. The second-order valence-corrected chi connectivity index (χ2v) is 9.79. The normalized spacial score (nSPS) is 25.7. The second kappa shape index (κ2) is 6.71. The van der Waals surface area contributed by atoms with Crippen molar-refractivity contribution in [3.8, 4) is 0 Å². The third kappa shape index (κ3) is 4.92. The minimum absolute atomic E-state index is 0.274. The van der Waals surface area contributed by atoms with Crippen LogP contribution in [0.4, 0.5) is 0 Å². The Bertz CT molecular complexity index is 528. The van der Waals surface area contributed by atoms with Crippen LogP contribution in [-0.2, 0) is 14.8 Å². The number of sulfonamides is 1. The Balaban J connectivity index is 1.56. The number of likely N-dealkylation sites (tertiary alicyclic amines) is 1. The molecule has 0 unspecified atom stereocenters. The van der Waals surface area contributed by atoms with Gasteiger partial charge in [-0.15, -0.1) is 0 Å². The number of hydrogen-bond acceptors (Lipinski definition) is 3. The molecule has 2 aliphatic carbocycles. The van der Waals surface area contributed by atoms with E-state index in [0.29, 0.717) is 31.3 Å². The maximum Gasteiger partial charge on any atom is 0.222 e. The molecule has 23 heavy (non-hydrogen) atoms. The summed E-state index contributed by atoms with van der Waals surface area (Å²) in [6.07, 6.45) is 11.7. The Morgan fingerprint density at radius 3 is 2.22 bits per heavy atom. The average molecular weight is 343 g/mol. The number of carbonyl (C=O) groups is 1. The van der Waals surface area contributed by atoms with E-state index in [0.717, 1.165) is 19.3 Å². The van der Waals surface area contributed by atoms with Crippen molar-refractivity contribution in [2.75, 3.05) is 19.3 Å². The molecule has 3 aliphatic rings. The van der Waals surface area contributed by atoms with E-state index in [1.165, 1.54) is 44.8 Å². The van der Waals surface area contributed by atoms with Gasteiger partial charge in [0.1, 0.15) is 0 Å². The quantitative estimate of drug-likeness (QED) is 0.805. The number of hydrogen-bond donors (Lipinski definition) is 1. The van der Waals surface area contributed by atoms with Gasteiger partial charge in [0.05, 0.1) is 6.26 Å². The summed E-state index contributed by atoms with van der Waals surface area (Å²) < 4.78 is 26.4. The van der Waals surface area contributed by atoms with Crippen LogP contribution in [0.5, 0.6) is 0 Å². The van der Waals surface area contributed by atoms with Crippen molar-refractivity contribution in [3.63, 3.8) is 0 Å². The van der Waals surface area contributed by atoms with Gasteiger partial charge in [-0.3, -0.25) is 4.79 Å². The van der Waals surface area contributed by atoms with Gasteiger partial charge in [0.2, 0.25) is 15.9 Å². The number of rotatable bonds is 6. The van der Waals surface area contributed by atoms with E-state index in [9.17, 15) is 13.2 Å². The average Bonchev–Trinajstić information content (AvgIpc) is 3.10. The Kier molecular flexibility index (Phi) is 5.02. The zero-order chi connectivity index (χ0) is 16.5. The molecule has 1 heterocycles. The van der Waals surface area contributed by atoms with Gasteiger partial charge in [0.15, 0.2) is 0 Å². The number of nitrogens with one attached hydrogen (secondary N) is 1. The SMILES string of the molecule is CS(=O)(=O)NC1(CC2CC2)CCN(C(=O)CC2CCCC2)CC1. The number of nitrogens with zero attached hydrogens (tertiary/aromatic N) is 1. The highest BCUT2D eigenvalue weighted by molar-refractivity contribution is 7.88. The summed E-state index contributed by atoms with van der Waals surface area (Å²) >= 11 is 0. The Morgan fingerprint density at radius 1 is 1.09 bits per heavy atom. The molecule has 1 aliphatic heterocycles. The summed E-state index contributed by atoms with van der Waals surface area (Å²) in [6.45, 7) is 1.39. The molecule has 5 nitrogen and oxygen atoms in total. The van der Waals surface area contributed by atoms with Gasteiger partial charge >= 0.3 is 0 Å². The maximum atomic E-state index is 12.5. The molecule has 1 N–H and O–H groups in total. The van der Waals surface area contributed by atoms with Crippen LogP contribution >= 0.6 is 0 Å². The van der Waals surface area contributed by atoms with Gasteiger partial charge in [-0.1, -0.05) is 25.7 Å². The first kappa shape index (κ1) is 17.2. The van der Waals surface area contributed by atoms with E-state index in [-0.39, 0.29) is 11.4 Å². The molecule has 1 saturated heterocycles. The van der Waals surface area contributed by atoms with Gasteiger partial charge in [-0.25, -0.2) is 13.1 Å². The lowest BCUT2D eigenvalue weighted by molar-refractivity contribution is -0.133. The Morgan fingerprint density at radius 2 is 1.70 bits per heavy atom. The number of amides is 1. The van der Waals surface area contributed by atoms with Crippen molar-refractivity contribution in [2.45, 2.75) is 69.7 Å². The molecular formula is C17H30N2O3S. The molecule has 0 aromatic carbocycles. The first-order valence-corrected chi connectivity index (χ1v) is 11.0. The number of carbonyl (C=O) groups excluding carboxylic acids is 1.